The third-order valence-electron chi connectivity index (χ3n) is 5.32. The highest BCUT2D eigenvalue weighted by atomic mass is 16.2. The van der Waals surface area contributed by atoms with Crippen molar-refractivity contribution in [2.45, 2.75) is 25.7 Å². The zero-order valence-electron chi connectivity index (χ0n) is 15.2. The summed E-state index contributed by atoms with van der Waals surface area (Å²) in [6.07, 6.45) is 5.83. The van der Waals surface area contributed by atoms with Crippen LogP contribution in [0.2, 0.25) is 0 Å². The summed E-state index contributed by atoms with van der Waals surface area (Å²) >= 11 is 0. The number of H-pyrrole nitrogens is 1. The number of aromatic nitrogens is 4. The van der Waals surface area contributed by atoms with E-state index in [4.69, 9.17) is 4.98 Å². The summed E-state index contributed by atoms with van der Waals surface area (Å²) < 4.78 is 1.92. The van der Waals surface area contributed by atoms with Crippen LogP contribution < -0.4 is 0 Å². The molecule has 1 atom stereocenters. The van der Waals surface area contributed by atoms with Gasteiger partial charge in [0.15, 0.2) is 0 Å². The average Bonchev–Trinajstić information content (AvgIpc) is 3.31. The van der Waals surface area contributed by atoms with Crippen molar-refractivity contribution in [3.05, 3.63) is 65.9 Å². The van der Waals surface area contributed by atoms with Crippen LogP contribution in [-0.4, -0.2) is 43.2 Å². The lowest BCUT2D eigenvalue weighted by Gasteiger charge is -2.31. The Kier molecular flexibility index (Phi) is 3.70. The van der Waals surface area contributed by atoms with Gasteiger partial charge in [0.05, 0.1) is 11.0 Å². The van der Waals surface area contributed by atoms with Crippen LogP contribution in [-0.2, 0) is 0 Å². The maximum Gasteiger partial charge on any atom is 0.274 e. The Morgan fingerprint density at radius 3 is 2.93 bits per heavy atom. The minimum absolute atomic E-state index is 0.00263. The van der Waals surface area contributed by atoms with Gasteiger partial charge < -0.3 is 14.3 Å². The van der Waals surface area contributed by atoms with E-state index in [2.05, 4.69) is 9.97 Å². The average molecular weight is 359 g/mol. The van der Waals surface area contributed by atoms with Gasteiger partial charge in [-0.1, -0.05) is 18.2 Å². The van der Waals surface area contributed by atoms with E-state index in [0.717, 1.165) is 47.5 Å². The number of aryl methyl sites for hydroxylation is 1. The number of likely N-dealkylation sites (tertiary alicyclic amines) is 1. The number of para-hydroxylation sites is 2. The van der Waals surface area contributed by atoms with Crippen LogP contribution in [0.5, 0.6) is 0 Å². The molecule has 0 bridgehead atoms. The van der Waals surface area contributed by atoms with Gasteiger partial charge in [-0.25, -0.2) is 9.97 Å². The lowest BCUT2D eigenvalue weighted by atomic mass is 9.97. The van der Waals surface area contributed by atoms with Gasteiger partial charge in [-0.15, -0.1) is 0 Å². The fraction of sp³-hybridized carbons (Fsp3) is 0.286. The van der Waals surface area contributed by atoms with E-state index in [1.807, 2.05) is 65.0 Å². The van der Waals surface area contributed by atoms with Gasteiger partial charge in [0.25, 0.3) is 5.91 Å². The van der Waals surface area contributed by atoms with E-state index in [0.29, 0.717) is 12.2 Å². The molecule has 0 radical (unpaired) electrons. The molecule has 1 saturated heterocycles. The number of carbonyl (C=O) groups is 1. The number of piperidine rings is 1. The molecular formula is C21H21N5O. The Balaban J connectivity index is 1.40. The number of aromatic amines is 1. The molecule has 3 aromatic heterocycles. The predicted octanol–water partition coefficient (Wildman–Crippen LogP) is 3.54. The normalized spacial score (nSPS) is 17.7. The van der Waals surface area contributed by atoms with Crippen LogP contribution in [0.3, 0.4) is 0 Å². The van der Waals surface area contributed by atoms with Crippen LogP contribution >= 0.6 is 0 Å². The number of nitrogens with zero attached hydrogens (tertiary/aromatic N) is 4. The predicted molar refractivity (Wildman–Crippen MR) is 104 cm³/mol. The van der Waals surface area contributed by atoms with Crippen molar-refractivity contribution < 1.29 is 4.79 Å². The largest absolute Gasteiger partial charge is 0.342 e. The topological polar surface area (TPSA) is 66.3 Å². The van der Waals surface area contributed by atoms with Crippen molar-refractivity contribution in [3.63, 3.8) is 0 Å². The second-order valence-corrected chi connectivity index (χ2v) is 7.33. The number of fused-ring (bicyclic) bond motifs is 2. The first-order valence-corrected chi connectivity index (χ1v) is 9.37. The quantitative estimate of drug-likeness (QED) is 0.595. The van der Waals surface area contributed by atoms with E-state index in [9.17, 15) is 4.79 Å². The van der Waals surface area contributed by atoms with E-state index in [1.165, 1.54) is 0 Å². The Morgan fingerprint density at radius 1 is 1.15 bits per heavy atom. The number of hydrogen-bond donors (Lipinski definition) is 1. The molecule has 0 unspecified atom stereocenters. The van der Waals surface area contributed by atoms with Crippen molar-refractivity contribution in [2.75, 3.05) is 13.1 Å². The van der Waals surface area contributed by atoms with Crippen molar-refractivity contribution >= 4 is 22.6 Å². The molecule has 6 heteroatoms. The molecule has 0 aliphatic carbocycles. The molecule has 5 rings (SSSR count). The zero-order chi connectivity index (χ0) is 18.4. The molecule has 27 heavy (non-hydrogen) atoms. The summed E-state index contributed by atoms with van der Waals surface area (Å²) in [5.41, 5.74) is 4.47. The standard InChI is InChI=1S/C21H21N5O/c1-14-8-9-19-22-18(13-26(19)11-14)21(27)25-10-4-5-15(12-25)20-23-16-6-2-3-7-17(16)24-20/h2-3,6-9,11,13,15H,4-5,10,12H2,1H3,(H,23,24)/t15-/m0/s1. The molecule has 6 nitrogen and oxygen atoms in total. The molecule has 4 aromatic rings. The molecular weight excluding hydrogens is 338 g/mol. The van der Waals surface area contributed by atoms with E-state index >= 15 is 0 Å². The maximum absolute atomic E-state index is 13.0. The zero-order valence-corrected chi connectivity index (χ0v) is 15.2. The van der Waals surface area contributed by atoms with E-state index in [-0.39, 0.29) is 11.8 Å². The molecule has 1 aromatic carbocycles. The van der Waals surface area contributed by atoms with Gasteiger partial charge in [-0.3, -0.25) is 4.79 Å². The molecule has 1 aliphatic rings. The summed E-state index contributed by atoms with van der Waals surface area (Å²) in [4.78, 5) is 27.6. The van der Waals surface area contributed by atoms with Gasteiger partial charge >= 0.3 is 0 Å². The molecule has 1 fully saturated rings. The highest BCUT2D eigenvalue weighted by Crippen LogP contribution is 2.27. The lowest BCUT2D eigenvalue weighted by Crippen LogP contribution is -2.39. The number of hydrogen-bond acceptors (Lipinski definition) is 3. The van der Waals surface area contributed by atoms with Crippen LogP contribution in [0.15, 0.2) is 48.8 Å². The molecule has 4 heterocycles. The fourth-order valence-corrected chi connectivity index (χ4v) is 3.92. The van der Waals surface area contributed by atoms with Crippen molar-refractivity contribution in [2.24, 2.45) is 0 Å². The van der Waals surface area contributed by atoms with E-state index in [1.54, 1.807) is 0 Å². The number of rotatable bonds is 2. The molecule has 0 saturated carbocycles. The molecule has 0 spiro atoms. The first-order valence-electron chi connectivity index (χ1n) is 9.37. The van der Waals surface area contributed by atoms with Crippen LogP contribution in [0.1, 0.15) is 40.6 Å². The third-order valence-corrected chi connectivity index (χ3v) is 5.32. The number of amides is 1. The van der Waals surface area contributed by atoms with Crippen LogP contribution in [0.25, 0.3) is 16.7 Å². The number of benzene rings is 1. The first kappa shape index (κ1) is 16.1. The number of nitrogens with one attached hydrogen (secondary N) is 1. The van der Waals surface area contributed by atoms with Gasteiger partial charge in [0, 0.05) is 31.4 Å². The summed E-state index contributed by atoms with van der Waals surface area (Å²) in [5.74, 6) is 1.20. The SMILES string of the molecule is Cc1ccc2nc(C(=O)N3CCC[C@H](c4nc5ccccc5[nH]4)C3)cn2c1. The Bertz CT molecular complexity index is 1110. The Morgan fingerprint density at radius 2 is 2.04 bits per heavy atom. The van der Waals surface area contributed by atoms with Gasteiger partial charge in [-0.2, -0.15) is 0 Å². The number of carbonyl (C=O) groups excluding carboxylic acids is 1. The highest BCUT2D eigenvalue weighted by molar-refractivity contribution is 5.93. The van der Waals surface area contributed by atoms with Gasteiger partial charge in [0.2, 0.25) is 0 Å². The second-order valence-electron chi connectivity index (χ2n) is 7.33. The minimum atomic E-state index is -0.00263. The monoisotopic (exact) mass is 359 g/mol. The number of imidazole rings is 2. The van der Waals surface area contributed by atoms with Crippen molar-refractivity contribution in [1.82, 2.24) is 24.3 Å². The summed E-state index contributed by atoms with van der Waals surface area (Å²) in [6, 6.07) is 12.0. The van der Waals surface area contributed by atoms with Crippen molar-refractivity contribution in [1.29, 1.82) is 0 Å². The molecule has 1 amide bonds. The Hall–Kier alpha value is -3.15. The van der Waals surface area contributed by atoms with Crippen LogP contribution in [0.4, 0.5) is 0 Å². The second kappa shape index (κ2) is 6.23. The first-order chi connectivity index (χ1) is 13.2. The third kappa shape index (κ3) is 2.87. The maximum atomic E-state index is 13.0. The van der Waals surface area contributed by atoms with E-state index < -0.39 is 0 Å². The summed E-state index contributed by atoms with van der Waals surface area (Å²) in [5, 5.41) is 0. The smallest absolute Gasteiger partial charge is 0.274 e. The summed E-state index contributed by atoms with van der Waals surface area (Å²) in [6.45, 7) is 3.47. The molecule has 136 valence electrons. The highest BCUT2D eigenvalue weighted by Gasteiger charge is 2.28. The number of pyridine rings is 1. The molecule has 1 aliphatic heterocycles. The minimum Gasteiger partial charge on any atom is -0.342 e. The van der Waals surface area contributed by atoms with Crippen molar-refractivity contribution in [3.8, 4) is 0 Å². The summed E-state index contributed by atoms with van der Waals surface area (Å²) in [7, 11) is 0. The Labute approximate surface area is 156 Å². The van der Waals surface area contributed by atoms with Gasteiger partial charge in [-0.05, 0) is 43.5 Å². The fourth-order valence-electron chi connectivity index (χ4n) is 3.92. The van der Waals surface area contributed by atoms with Crippen LogP contribution in [0, 0.1) is 6.92 Å². The molecule has 1 N–H and O–H groups in total. The van der Waals surface area contributed by atoms with Gasteiger partial charge in [0.1, 0.15) is 17.2 Å². The lowest BCUT2D eigenvalue weighted by molar-refractivity contribution is 0.0699.